The third-order valence-electron chi connectivity index (χ3n) is 7.46. The minimum absolute atomic E-state index is 0.126. The highest BCUT2D eigenvalue weighted by atomic mass is 32.2. The van der Waals surface area contributed by atoms with Gasteiger partial charge in [0, 0.05) is 31.4 Å². The summed E-state index contributed by atoms with van der Waals surface area (Å²) in [6.07, 6.45) is 0.606. The van der Waals surface area contributed by atoms with Gasteiger partial charge in [0.2, 0.25) is 10.0 Å². The van der Waals surface area contributed by atoms with Crippen LogP contribution in [0.1, 0.15) is 37.0 Å². The quantitative estimate of drug-likeness (QED) is 0.0992. The molecule has 0 saturated carbocycles. The van der Waals surface area contributed by atoms with E-state index in [1.165, 1.54) is 4.31 Å². The Morgan fingerprint density at radius 2 is 1.34 bits per heavy atom. The second kappa shape index (κ2) is 17.6. The molecule has 0 aliphatic rings. The fraction of sp³-hybridized carbons (Fsp3) is 0.333. The summed E-state index contributed by atoms with van der Waals surface area (Å²) in [6, 6.07) is 32.9. The molecule has 1 atom stereocenters. The normalized spacial score (nSPS) is 12.7. The van der Waals surface area contributed by atoms with E-state index in [0.717, 1.165) is 22.4 Å². The summed E-state index contributed by atoms with van der Waals surface area (Å²) in [5, 5.41) is 3.34. The summed E-state index contributed by atoms with van der Waals surface area (Å²) in [6.45, 7) is 5.49. The average Bonchev–Trinajstić information content (AvgIpc) is 3.09. The van der Waals surface area contributed by atoms with Crippen molar-refractivity contribution < 1.29 is 26.8 Å². The van der Waals surface area contributed by atoms with Crippen molar-refractivity contribution in [2.45, 2.75) is 50.6 Å². The highest BCUT2D eigenvalue weighted by Crippen LogP contribution is 2.53. The van der Waals surface area contributed by atoms with Crippen molar-refractivity contribution >= 4 is 23.3 Å². The molecule has 0 radical (unpaired) electrons. The summed E-state index contributed by atoms with van der Waals surface area (Å²) < 4.78 is 59.2. The molecule has 0 bridgehead atoms. The van der Waals surface area contributed by atoms with Crippen LogP contribution >= 0.6 is 7.60 Å². The molecule has 0 unspecified atom stereocenters. The van der Waals surface area contributed by atoms with Gasteiger partial charge in [-0.15, -0.1) is 0 Å². The number of rotatable bonds is 19. The number of sulfonamides is 1. The lowest BCUT2D eigenvalue weighted by molar-refractivity contribution is 0.190. The Morgan fingerprint density at radius 3 is 1.85 bits per heavy atom. The van der Waals surface area contributed by atoms with Crippen LogP contribution in [0.4, 0.5) is 5.69 Å². The zero-order valence-corrected chi connectivity index (χ0v) is 29.0. The molecular formula is C36H46N3O6PS. The minimum atomic E-state index is -3.69. The predicted molar refractivity (Wildman–Crippen MR) is 188 cm³/mol. The second-order valence-electron chi connectivity index (χ2n) is 11.8. The van der Waals surface area contributed by atoms with Gasteiger partial charge in [0.05, 0.1) is 31.4 Å². The van der Waals surface area contributed by atoms with Crippen molar-refractivity contribution in [2.24, 2.45) is 11.7 Å². The molecule has 4 rings (SSSR count). The van der Waals surface area contributed by atoms with Crippen molar-refractivity contribution in [2.75, 3.05) is 32.1 Å². The minimum Gasteiger partial charge on any atom is -0.497 e. The SMILES string of the molecule is COc1ccc(S(=O)(=O)N(CC[C@@H](N)CNc2ccc(CP(=O)(OCc3ccccc3)OCc3ccccc3)cc2)CC(C)C)cc1. The van der Waals surface area contributed by atoms with Gasteiger partial charge in [-0.1, -0.05) is 86.6 Å². The number of nitrogens with two attached hydrogens (primary N) is 1. The van der Waals surface area contributed by atoms with Crippen molar-refractivity contribution in [1.29, 1.82) is 0 Å². The lowest BCUT2D eigenvalue weighted by Gasteiger charge is -2.25. The van der Waals surface area contributed by atoms with Gasteiger partial charge in [-0.05, 0) is 65.4 Å². The van der Waals surface area contributed by atoms with Crippen LogP contribution in [-0.4, -0.2) is 45.5 Å². The molecule has 0 aliphatic carbocycles. The molecule has 252 valence electrons. The van der Waals surface area contributed by atoms with E-state index in [0.29, 0.717) is 31.8 Å². The molecule has 0 spiro atoms. The van der Waals surface area contributed by atoms with E-state index in [9.17, 15) is 13.0 Å². The molecule has 4 aromatic carbocycles. The summed E-state index contributed by atoms with van der Waals surface area (Å²) in [7, 11) is -5.63. The van der Waals surface area contributed by atoms with Gasteiger partial charge in [-0.2, -0.15) is 4.31 Å². The highest BCUT2D eigenvalue weighted by molar-refractivity contribution is 7.89. The Hall–Kier alpha value is -3.50. The summed E-state index contributed by atoms with van der Waals surface area (Å²) >= 11 is 0. The molecule has 0 amide bonds. The maximum absolute atomic E-state index is 13.9. The van der Waals surface area contributed by atoms with E-state index in [-0.39, 0.29) is 36.2 Å². The second-order valence-corrected chi connectivity index (χ2v) is 15.8. The van der Waals surface area contributed by atoms with E-state index < -0.39 is 17.6 Å². The maximum Gasteiger partial charge on any atom is 0.335 e. The van der Waals surface area contributed by atoms with E-state index in [4.69, 9.17) is 19.5 Å². The van der Waals surface area contributed by atoms with Gasteiger partial charge in [0.25, 0.3) is 0 Å². The van der Waals surface area contributed by atoms with Crippen molar-refractivity contribution in [3.63, 3.8) is 0 Å². The zero-order valence-electron chi connectivity index (χ0n) is 27.3. The first-order chi connectivity index (χ1) is 22.6. The summed E-state index contributed by atoms with van der Waals surface area (Å²) in [5.74, 6) is 0.751. The third-order valence-corrected chi connectivity index (χ3v) is 11.1. The number of methoxy groups -OCH3 is 1. The Labute approximate surface area is 279 Å². The molecule has 0 saturated heterocycles. The molecule has 9 nitrogen and oxygen atoms in total. The topological polar surface area (TPSA) is 120 Å². The number of ether oxygens (including phenoxy) is 1. The van der Waals surface area contributed by atoms with Crippen LogP contribution in [-0.2, 0) is 43.0 Å². The van der Waals surface area contributed by atoms with Crippen LogP contribution in [0, 0.1) is 5.92 Å². The van der Waals surface area contributed by atoms with Gasteiger partial charge >= 0.3 is 7.60 Å². The molecular weight excluding hydrogens is 633 g/mol. The first-order valence-electron chi connectivity index (χ1n) is 15.7. The molecule has 0 aromatic heterocycles. The fourth-order valence-electron chi connectivity index (χ4n) is 4.85. The summed E-state index contributed by atoms with van der Waals surface area (Å²) in [4.78, 5) is 0.228. The van der Waals surface area contributed by atoms with Crippen LogP contribution in [0.15, 0.2) is 114 Å². The first kappa shape index (κ1) is 36.3. The van der Waals surface area contributed by atoms with Gasteiger partial charge in [0.15, 0.2) is 0 Å². The van der Waals surface area contributed by atoms with Crippen LogP contribution < -0.4 is 15.8 Å². The van der Waals surface area contributed by atoms with Crippen molar-refractivity contribution in [1.82, 2.24) is 4.31 Å². The van der Waals surface area contributed by atoms with E-state index in [1.807, 2.05) is 98.8 Å². The Kier molecular flexibility index (Phi) is 13.6. The van der Waals surface area contributed by atoms with E-state index in [1.54, 1.807) is 31.4 Å². The smallest absolute Gasteiger partial charge is 0.335 e. The number of nitrogens with one attached hydrogen (secondary N) is 1. The number of hydrogen-bond donors (Lipinski definition) is 2. The maximum atomic E-state index is 13.9. The summed E-state index contributed by atoms with van der Waals surface area (Å²) in [5.41, 5.74) is 9.92. The van der Waals surface area contributed by atoms with Gasteiger partial charge in [-0.3, -0.25) is 4.57 Å². The van der Waals surface area contributed by atoms with Crippen LogP contribution in [0.25, 0.3) is 0 Å². The standard InChI is InChI=1S/C36H46N3O6PS/c1-29(2)25-39(47(41,42)36-20-18-35(43-3)19-21-36)23-22-33(37)24-38-34-16-14-32(15-17-34)28-46(40,44-26-30-10-6-4-7-11-30)45-27-31-12-8-5-9-13-31/h4-21,29,33,38H,22-28,37H2,1-3H3/t33-/m1/s1. The van der Waals surface area contributed by atoms with E-state index >= 15 is 0 Å². The Balaban J connectivity index is 1.33. The number of anilines is 1. The highest BCUT2D eigenvalue weighted by Gasteiger charge is 2.27. The number of benzene rings is 4. The lowest BCUT2D eigenvalue weighted by Crippen LogP contribution is -2.39. The largest absolute Gasteiger partial charge is 0.497 e. The molecule has 3 N–H and O–H groups in total. The molecule has 47 heavy (non-hydrogen) atoms. The predicted octanol–water partition coefficient (Wildman–Crippen LogP) is 7.30. The average molecular weight is 680 g/mol. The molecule has 0 aliphatic heterocycles. The number of nitrogens with zero attached hydrogens (tertiary/aromatic N) is 1. The van der Waals surface area contributed by atoms with Crippen LogP contribution in [0.5, 0.6) is 5.75 Å². The van der Waals surface area contributed by atoms with Crippen LogP contribution in [0.2, 0.25) is 0 Å². The fourth-order valence-corrected chi connectivity index (χ4v) is 8.07. The van der Waals surface area contributed by atoms with Gasteiger partial charge in [0.1, 0.15) is 5.75 Å². The lowest BCUT2D eigenvalue weighted by atomic mass is 10.2. The van der Waals surface area contributed by atoms with Gasteiger partial charge in [-0.25, -0.2) is 8.42 Å². The van der Waals surface area contributed by atoms with Crippen molar-refractivity contribution in [3.05, 3.63) is 126 Å². The molecule has 11 heteroatoms. The number of hydrogen-bond acceptors (Lipinski definition) is 8. The molecule has 0 fully saturated rings. The van der Waals surface area contributed by atoms with E-state index in [2.05, 4.69) is 5.32 Å². The Bertz CT molecular complexity index is 1610. The Morgan fingerprint density at radius 1 is 0.787 bits per heavy atom. The third kappa shape index (κ3) is 11.6. The first-order valence-corrected chi connectivity index (χ1v) is 18.9. The zero-order chi connectivity index (χ0) is 33.7. The molecule has 4 aromatic rings. The van der Waals surface area contributed by atoms with Gasteiger partial charge < -0.3 is 24.8 Å². The van der Waals surface area contributed by atoms with Crippen LogP contribution in [0.3, 0.4) is 0 Å². The monoisotopic (exact) mass is 679 g/mol. The molecule has 0 heterocycles. The van der Waals surface area contributed by atoms with Crippen molar-refractivity contribution in [3.8, 4) is 5.75 Å².